The van der Waals surface area contributed by atoms with Crippen LogP contribution in [0.15, 0.2) is 24.3 Å². The van der Waals surface area contributed by atoms with Crippen molar-refractivity contribution in [3.05, 3.63) is 35.4 Å². The van der Waals surface area contributed by atoms with Gasteiger partial charge in [-0.3, -0.25) is 4.79 Å². The molecule has 1 aromatic carbocycles. The predicted molar refractivity (Wildman–Crippen MR) is 77.1 cm³/mol. The Morgan fingerprint density at radius 1 is 1.25 bits per heavy atom. The van der Waals surface area contributed by atoms with Gasteiger partial charge in [-0.1, -0.05) is 26.0 Å². The molecule has 0 saturated heterocycles. The maximum absolute atomic E-state index is 11.8. The van der Waals surface area contributed by atoms with Crippen LogP contribution in [-0.4, -0.2) is 25.0 Å². The molecule has 0 saturated carbocycles. The minimum absolute atomic E-state index is 0.157. The number of esters is 1. The lowest BCUT2D eigenvalue weighted by atomic mass is 10.0. The van der Waals surface area contributed by atoms with Gasteiger partial charge in [0, 0.05) is 6.54 Å². The van der Waals surface area contributed by atoms with Gasteiger partial charge in [-0.2, -0.15) is 0 Å². The maximum atomic E-state index is 11.8. The number of hydrogen-bond acceptors (Lipinski definition) is 4. The fourth-order valence-corrected chi connectivity index (χ4v) is 1.81. The number of hydrogen-bond donors (Lipinski definition) is 2. The normalized spacial score (nSPS) is 12.1. The number of carbonyl (C=O) groups is 2. The highest BCUT2D eigenvalue weighted by Crippen LogP contribution is 2.06. The number of carbonyl (C=O) groups excluding carboxylic acids is 2. The number of nitrogens with two attached hydrogens (primary N) is 1. The highest BCUT2D eigenvalue weighted by molar-refractivity contribution is 5.89. The van der Waals surface area contributed by atoms with E-state index in [-0.39, 0.29) is 11.9 Å². The zero-order valence-corrected chi connectivity index (χ0v) is 12.2. The molecule has 0 aliphatic carbocycles. The molecule has 0 unspecified atom stereocenters. The number of methoxy groups -OCH3 is 1. The van der Waals surface area contributed by atoms with Crippen molar-refractivity contribution in [2.75, 3.05) is 7.11 Å². The van der Waals surface area contributed by atoms with Crippen LogP contribution in [-0.2, 0) is 16.1 Å². The van der Waals surface area contributed by atoms with Crippen molar-refractivity contribution in [3.63, 3.8) is 0 Å². The van der Waals surface area contributed by atoms with E-state index >= 15 is 0 Å². The van der Waals surface area contributed by atoms with Crippen LogP contribution in [0.4, 0.5) is 0 Å². The molecule has 20 heavy (non-hydrogen) atoms. The third-order valence-corrected chi connectivity index (χ3v) is 2.90. The standard InChI is InChI=1S/C15H22N2O3/c1-10(2)8-13(16)14(18)17-9-11-4-6-12(7-5-11)15(19)20-3/h4-7,10,13H,8-9,16H2,1-3H3,(H,17,18)/t13-/m0/s1. The molecule has 0 aliphatic heterocycles. The summed E-state index contributed by atoms with van der Waals surface area (Å²) in [6.45, 7) is 4.45. The van der Waals surface area contributed by atoms with E-state index in [1.54, 1.807) is 24.3 Å². The number of rotatable bonds is 6. The molecule has 110 valence electrons. The minimum atomic E-state index is -0.482. The molecular formula is C15H22N2O3. The van der Waals surface area contributed by atoms with Crippen molar-refractivity contribution in [1.29, 1.82) is 0 Å². The highest BCUT2D eigenvalue weighted by Gasteiger charge is 2.14. The lowest BCUT2D eigenvalue weighted by Gasteiger charge is -2.14. The van der Waals surface area contributed by atoms with Gasteiger partial charge >= 0.3 is 5.97 Å². The summed E-state index contributed by atoms with van der Waals surface area (Å²) in [5, 5.41) is 2.79. The molecule has 1 amide bonds. The van der Waals surface area contributed by atoms with E-state index in [0.29, 0.717) is 24.4 Å². The van der Waals surface area contributed by atoms with Gasteiger partial charge in [-0.25, -0.2) is 4.79 Å². The van der Waals surface area contributed by atoms with Crippen molar-refractivity contribution in [2.45, 2.75) is 32.9 Å². The van der Waals surface area contributed by atoms with Crippen molar-refractivity contribution < 1.29 is 14.3 Å². The van der Waals surface area contributed by atoms with E-state index in [4.69, 9.17) is 5.73 Å². The van der Waals surface area contributed by atoms with Gasteiger partial charge in [0.05, 0.1) is 18.7 Å². The van der Waals surface area contributed by atoms with E-state index in [1.165, 1.54) is 7.11 Å². The van der Waals surface area contributed by atoms with Crippen LogP contribution in [0.2, 0.25) is 0 Å². The summed E-state index contributed by atoms with van der Waals surface area (Å²) in [5.74, 6) is -0.148. The molecule has 0 heterocycles. The number of nitrogens with one attached hydrogen (secondary N) is 1. The van der Waals surface area contributed by atoms with Gasteiger partial charge in [-0.15, -0.1) is 0 Å². The molecule has 0 aromatic heterocycles. The molecule has 0 bridgehead atoms. The van der Waals surface area contributed by atoms with Gasteiger partial charge in [-0.05, 0) is 30.0 Å². The minimum Gasteiger partial charge on any atom is -0.465 e. The molecule has 3 N–H and O–H groups in total. The predicted octanol–water partition coefficient (Wildman–Crippen LogP) is 1.46. The molecule has 0 radical (unpaired) electrons. The van der Waals surface area contributed by atoms with Crippen molar-refractivity contribution >= 4 is 11.9 Å². The number of benzene rings is 1. The van der Waals surface area contributed by atoms with Crippen molar-refractivity contribution in [2.24, 2.45) is 11.7 Å². The van der Waals surface area contributed by atoms with Gasteiger partial charge in [0.1, 0.15) is 0 Å². The molecule has 1 atom stereocenters. The van der Waals surface area contributed by atoms with E-state index in [9.17, 15) is 9.59 Å². The highest BCUT2D eigenvalue weighted by atomic mass is 16.5. The Morgan fingerprint density at radius 2 is 1.85 bits per heavy atom. The number of amides is 1. The van der Waals surface area contributed by atoms with Crippen LogP contribution < -0.4 is 11.1 Å². The van der Waals surface area contributed by atoms with E-state index in [2.05, 4.69) is 10.1 Å². The third kappa shape index (κ3) is 5.01. The molecule has 0 fully saturated rings. The lowest BCUT2D eigenvalue weighted by Crippen LogP contribution is -2.41. The van der Waals surface area contributed by atoms with Gasteiger partial charge in [0.15, 0.2) is 0 Å². The van der Waals surface area contributed by atoms with Crippen LogP contribution >= 0.6 is 0 Å². The Balaban J connectivity index is 2.49. The average molecular weight is 278 g/mol. The van der Waals surface area contributed by atoms with E-state index < -0.39 is 6.04 Å². The molecule has 0 spiro atoms. The van der Waals surface area contributed by atoms with Gasteiger partial charge in [0.2, 0.25) is 5.91 Å². The molecule has 0 aliphatic rings. The summed E-state index contributed by atoms with van der Waals surface area (Å²) >= 11 is 0. The van der Waals surface area contributed by atoms with E-state index in [1.807, 2.05) is 13.8 Å². The fourth-order valence-electron chi connectivity index (χ4n) is 1.81. The number of ether oxygens (including phenoxy) is 1. The quantitative estimate of drug-likeness (QED) is 0.772. The van der Waals surface area contributed by atoms with Crippen molar-refractivity contribution in [3.8, 4) is 0 Å². The molecule has 1 rings (SSSR count). The van der Waals surface area contributed by atoms with Crippen LogP contribution in [0.1, 0.15) is 36.2 Å². The molecule has 1 aromatic rings. The Bertz CT molecular complexity index is 455. The first kappa shape index (κ1) is 16.2. The van der Waals surface area contributed by atoms with Gasteiger partial charge < -0.3 is 15.8 Å². The van der Waals surface area contributed by atoms with Crippen LogP contribution in [0, 0.1) is 5.92 Å². The van der Waals surface area contributed by atoms with E-state index in [0.717, 1.165) is 5.56 Å². The summed E-state index contributed by atoms with van der Waals surface area (Å²) in [6, 6.07) is 6.41. The largest absolute Gasteiger partial charge is 0.465 e. The summed E-state index contributed by atoms with van der Waals surface area (Å²) in [7, 11) is 1.34. The fraction of sp³-hybridized carbons (Fsp3) is 0.467. The van der Waals surface area contributed by atoms with Crippen LogP contribution in [0.3, 0.4) is 0 Å². The Morgan fingerprint density at radius 3 is 2.35 bits per heavy atom. The third-order valence-electron chi connectivity index (χ3n) is 2.90. The first-order valence-corrected chi connectivity index (χ1v) is 6.64. The second-order valence-corrected chi connectivity index (χ2v) is 5.14. The Labute approximate surface area is 119 Å². The maximum Gasteiger partial charge on any atom is 0.337 e. The zero-order valence-electron chi connectivity index (χ0n) is 12.2. The summed E-state index contributed by atoms with van der Waals surface area (Å²) < 4.78 is 4.62. The first-order valence-electron chi connectivity index (χ1n) is 6.64. The smallest absolute Gasteiger partial charge is 0.337 e. The molecule has 5 heteroatoms. The second-order valence-electron chi connectivity index (χ2n) is 5.14. The Kier molecular flexibility index (Phi) is 6.18. The van der Waals surface area contributed by atoms with Gasteiger partial charge in [0.25, 0.3) is 0 Å². The van der Waals surface area contributed by atoms with Crippen molar-refractivity contribution in [1.82, 2.24) is 5.32 Å². The first-order chi connectivity index (χ1) is 9.43. The monoisotopic (exact) mass is 278 g/mol. The summed E-state index contributed by atoms with van der Waals surface area (Å²) in [6.07, 6.45) is 0.660. The Hall–Kier alpha value is -1.88. The summed E-state index contributed by atoms with van der Waals surface area (Å²) in [4.78, 5) is 23.0. The summed E-state index contributed by atoms with van der Waals surface area (Å²) in [5.41, 5.74) is 7.18. The second kappa shape index (κ2) is 7.65. The molecule has 5 nitrogen and oxygen atoms in total. The van der Waals surface area contributed by atoms with Crippen LogP contribution in [0.25, 0.3) is 0 Å². The lowest BCUT2D eigenvalue weighted by molar-refractivity contribution is -0.122. The zero-order chi connectivity index (χ0) is 15.1. The average Bonchev–Trinajstić information content (AvgIpc) is 2.43. The topological polar surface area (TPSA) is 81.4 Å². The van der Waals surface area contributed by atoms with Crippen LogP contribution in [0.5, 0.6) is 0 Å². The SMILES string of the molecule is COC(=O)c1ccc(CNC(=O)[C@@H](N)CC(C)C)cc1. The molecular weight excluding hydrogens is 256 g/mol.